The quantitative estimate of drug-likeness (QED) is 0.408. The van der Waals surface area contributed by atoms with Crippen molar-refractivity contribution < 1.29 is 0 Å². The van der Waals surface area contributed by atoms with Crippen molar-refractivity contribution in [3.63, 3.8) is 0 Å². The van der Waals surface area contributed by atoms with Crippen LogP contribution in [-0.2, 0) is 12.0 Å². The maximum absolute atomic E-state index is 10.5. The molecule has 2 aliphatic carbocycles. The summed E-state index contributed by atoms with van der Waals surface area (Å²) in [5.41, 5.74) is 5.71. The molecular formula is C30H32N2. The number of benzene rings is 3. The molecule has 1 fully saturated rings. The molecule has 5 rings (SSSR count). The maximum atomic E-state index is 10.5. The highest BCUT2D eigenvalue weighted by Gasteiger charge is 2.43. The summed E-state index contributed by atoms with van der Waals surface area (Å²) < 4.78 is 0. The summed E-state index contributed by atoms with van der Waals surface area (Å²) in [7, 11) is 0. The summed E-state index contributed by atoms with van der Waals surface area (Å²) >= 11 is 0. The molecule has 0 spiro atoms. The number of nitriles is 1. The number of hydrogen-bond donors (Lipinski definition) is 0. The summed E-state index contributed by atoms with van der Waals surface area (Å²) in [6, 6.07) is 31.4. The van der Waals surface area contributed by atoms with Crippen LogP contribution in [0.2, 0.25) is 0 Å². The Balaban J connectivity index is 1.38. The zero-order valence-corrected chi connectivity index (χ0v) is 18.8. The lowest BCUT2D eigenvalue weighted by molar-refractivity contribution is 0.144. The van der Waals surface area contributed by atoms with Gasteiger partial charge in [-0.1, -0.05) is 98.1 Å². The van der Waals surface area contributed by atoms with E-state index in [0.717, 1.165) is 25.9 Å². The molecule has 162 valence electrons. The average molecular weight is 421 g/mol. The van der Waals surface area contributed by atoms with Crippen LogP contribution in [0.5, 0.6) is 0 Å². The van der Waals surface area contributed by atoms with Crippen LogP contribution in [0.25, 0.3) is 11.1 Å². The minimum absolute atomic E-state index is 0.530. The molecule has 0 atom stereocenters. The summed E-state index contributed by atoms with van der Waals surface area (Å²) in [5, 5.41) is 10.5. The lowest BCUT2D eigenvalue weighted by Gasteiger charge is -2.35. The lowest BCUT2D eigenvalue weighted by atomic mass is 9.76. The molecule has 0 bridgehead atoms. The van der Waals surface area contributed by atoms with E-state index in [4.69, 9.17) is 0 Å². The van der Waals surface area contributed by atoms with E-state index in [1.165, 1.54) is 59.9 Å². The van der Waals surface area contributed by atoms with E-state index >= 15 is 0 Å². The Morgan fingerprint density at radius 1 is 0.781 bits per heavy atom. The SMILES string of the molecule is N#CC1(CCCN(Cc2ccccc2)C2CCCCC2)c2ccccc2-c2ccccc21. The van der Waals surface area contributed by atoms with Crippen molar-refractivity contribution in [1.29, 1.82) is 5.26 Å². The smallest absolute Gasteiger partial charge is 0.108 e. The van der Waals surface area contributed by atoms with Crippen LogP contribution < -0.4 is 0 Å². The van der Waals surface area contributed by atoms with Gasteiger partial charge in [0.1, 0.15) is 5.41 Å². The van der Waals surface area contributed by atoms with Gasteiger partial charge in [0.15, 0.2) is 0 Å². The van der Waals surface area contributed by atoms with Crippen LogP contribution in [0.15, 0.2) is 78.9 Å². The zero-order chi connectivity index (χ0) is 21.8. The van der Waals surface area contributed by atoms with Crippen LogP contribution in [0.3, 0.4) is 0 Å². The second kappa shape index (κ2) is 9.31. The van der Waals surface area contributed by atoms with Crippen LogP contribution in [0.4, 0.5) is 0 Å². The third-order valence-corrected chi connectivity index (χ3v) is 7.57. The van der Waals surface area contributed by atoms with Gasteiger partial charge in [-0.05, 0) is 60.0 Å². The number of hydrogen-bond acceptors (Lipinski definition) is 2. The van der Waals surface area contributed by atoms with Crippen molar-refractivity contribution in [2.24, 2.45) is 0 Å². The second-order valence-corrected chi connectivity index (χ2v) is 9.46. The van der Waals surface area contributed by atoms with E-state index in [1.807, 2.05) is 0 Å². The predicted octanol–water partition coefficient (Wildman–Crippen LogP) is 7.09. The first-order valence-electron chi connectivity index (χ1n) is 12.2. The van der Waals surface area contributed by atoms with Gasteiger partial charge >= 0.3 is 0 Å². The van der Waals surface area contributed by atoms with E-state index in [2.05, 4.69) is 89.8 Å². The first-order chi connectivity index (χ1) is 15.8. The van der Waals surface area contributed by atoms with Gasteiger partial charge in [-0.15, -0.1) is 0 Å². The van der Waals surface area contributed by atoms with Crippen LogP contribution >= 0.6 is 0 Å². The minimum atomic E-state index is -0.530. The van der Waals surface area contributed by atoms with Gasteiger partial charge in [-0.25, -0.2) is 0 Å². The number of fused-ring (bicyclic) bond motifs is 3. The Bertz CT molecular complexity index is 1040. The standard InChI is InChI=1S/C30H32N2/c31-23-30(28-18-9-7-16-26(28)27-17-8-10-19-29(27)30)20-11-21-32(25-14-5-2-6-15-25)22-24-12-3-1-4-13-24/h1,3-4,7-10,12-13,16-19,25H,2,5-6,11,14-15,20-22H2. The van der Waals surface area contributed by atoms with Crippen molar-refractivity contribution in [3.8, 4) is 17.2 Å². The summed E-state index contributed by atoms with van der Waals surface area (Å²) in [6.07, 6.45) is 8.58. The fourth-order valence-electron chi connectivity index (χ4n) is 5.97. The monoisotopic (exact) mass is 420 g/mol. The molecule has 1 saturated carbocycles. The molecule has 0 aromatic heterocycles. The molecule has 32 heavy (non-hydrogen) atoms. The highest BCUT2D eigenvalue weighted by Crippen LogP contribution is 2.50. The summed E-state index contributed by atoms with van der Waals surface area (Å²) in [6.45, 7) is 2.06. The Morgan fingerprint density at radius 3 is 2.00 bits per heavy atom. The highest BCUT2D eigenvalue weighted by molar-refractivity contribution is 5.82. The first-order valence-corrected chi connectivity index (χ1v) is 12.2. The molecule has 2 heteroatoms. The van der Waals surface area contributed by atoms with Gasteiger partial charge in [0.2, 0.25) is 0 Å². The molecule has 2 aliphatic rings. The van der Waals surface area contributed by atoms with E-state index in [0.29, 0.717) is 6.04 Å². The maximum Gasteiger partial charge on any atom is 0.108 e. The normalized spacial score (nSPS) is 17.0. The molecule has 0 amide bonds. The summed E-state index contributed by atoms with van der Waals surface area (Å²) in [4.78, 5) is 2.70. The van der Waals surface area contributed by atoms with Crippen molar-refractivity contribution in [2.45, 2.75) is 62.9 Å². The van der Waals surface area contributed by atoms with Gasteiger partial charge in [-0.2, -0.15) is 5.26 Å². The minimum Gasteiger partial charge on any atom is -0.296 e. The lowest BCUT2D eigenvalue weighted by Crippen LogP contribution is -2.37. The van der Waals surface area contributed by atoms with Crippen molar-refractivity contribution in [3.05, 3.63) is 95.6 Å². The number of nitrogens with zero attached hydrogens (tertiary/aromatic N) is 2. The third-order valence-electron chi connectivity index (χ3n) is 7.57. The van der Waals surface area contributed by atoms with Crippen molar-refractivity contribution in [2.75, 3.05) is 6.54 Å². The van der Waals surface area contributed by atoms with E-state index in [9.17, 15) is 5.26 Å². The highest BCUT2D eigenvalue weighted by atomic mass is 15.1. The molecular weight excluding hydrogens is 388 g/mol. The fourth-order valence-corrected chi connectivity index (χ4v) is 5.97. The van der Waals surface area contributed by atoms with Crippen LogP contribution in [0, 0.1) is 11.3 Å². The van der Waals surface area contributed by atoms with Gasteiger partial charge in [-0.3, -0.25) is 4.90 Å². The molecule has 0 radical (unpaired) electrons. The molecule has 0 aliphatic heterocycles. The van der Waals surface area contributed by atoms with Gasteiger partial charge in [0.25, 0.3) is 0 Å². The largest absolute Gasteiger partial charge is 0.296 e. The van der Waals surface area contributed by atoms with Crippen LogP contribution in [0.1, 0.15) is 61.6 Å². The van der Waals surface area contributed by atoms with Gasteiger partial charge < -0.3 is 0 Å². The Morgan fingerprint density at radius 2 is 1.38 bits per heavy atom. The van der Waals surface area contributed by atoms with Crippen molar-refractivity contribution in [1.82, 2.24) is 4.90 Å². The molecule has 0 N–H and O–H groups in total. The Labute approximate surface area is 192 Å². The third kappa shape index (κ3) is 3.87. The fraction of sp³-hybridized carbons (Fsp3) is 0.367. The average Bonchev–Trinajstić information content (AvgIpc) is 3.15. The van der Waals surface area contributed by atoms with Gasteiger partial charge in [0.05, 0.1) is 6.07 Å². The number of rotatable bonds is 7. The van der Waals surface area contributed by atoms with Crippen LogP contribution in [-0.4, -0.2) is 17.5 Å². The first kappa shape index (κ1) is 21.0. The van der Waals surface area contributed by atoms with E-state index in [1.54, 1.807) is 0 Å². The Hall–Kier alpha value is -2.89. The van der Waals surface area contributed by atoms with Gasteiger partial charge in [0, 0.05) is 12.6 Å². The summed E-state index contributed by atoms with van der Waals surface area (Å²) in [5.74, 6) is 0. The molecule has 0 unspecified atom stereocenters. The molecule has 0 saturated heterocycles. The van der Waals surface area contributed by atoms with Crippen molar-refractivity contribution >= 4 is 0 Å². The molecule has 2 nitrogen and oxygen atoms in total. The van der Waals surface area contributed by atoms with E-state index in [-0.39, 0.29) is 0 Å². The molecule has 0 heterocycles. The zero-order valence-electron chi connectivity index (χ0n) is 18.8. The second-order valence-electron chi connectivity index (χ2n) is 9.46. The predicted molar refractivity (Wildman–Crippen MR) is 131 cm³/mol. The molecule has 3 aromatic rings. The van der Waals surface area contributed by atoms with E-state index < -0.39 is 5.41 Å². The Kier molecular flexibility index (Phi) is 6.10. The topological polar surface area (TPSA) is 27.0 Å². The molecule has 3 aromatic carbocycles.